The van der Waals surface area contributed by atoms with Gasteiger partial charge in [0, 0.05) is 42.8 Å². The second kappa shape index (κ2) is 8.07. The molecule has 2 aliphatic rings. The lowest BCUT2D eigenvalue weighted by atomic mass is 10.1. The van der Waals surface area contributed by atoms with Gasteiger partial charge in [0.25, 0.3) is 0 Å². The molecule has 1 aromatic heterocycles. The molecule has 5 rings (SSSR count). The zero-order valence-corrected chi connectivity index (χ0v) is 19.9. The van der Waals surface area contributed by atoms with Crippen molar-refractivity contribution < 1.29 is 22.6 Å². The van der Waals surface area contributed by atoms with E-state index in [4.69, 9.17) is 14.2 Å². The standard InChI is InChI=1S/C24H27N3O5S/c1-26-13-16-9-15(26)14-27(16)24-19-10-21(31-3)22(32-4)11-20(19)25-12-23(24)33(28,29)18-7-5-17(30-2)6-8-18/h5-8,10-12,15-16H,9,13-14H2,1-4H3. The summed E-state index contributed by atoms with van der Waals surface area (Å²) in [5, 5.41) is 0.734. The summed E-state index contributed by atoms with van der Waals surface area (Å²) in [6.45, 7) is 1.66. The Morgan fingerprint density at radius 2 is 1.64 bits per heavy atom. The fraction of sp³-hybridized carbons (Fsp3) is 0.375. The molecule has 2 unspecified atom stereocenters. The zero-order valence-electron chi connectivity index (χ0n) is 19.1. The summed E-state index contributed by atoms with van der Waals surface area (Å²) in [7, 11) is 2.98. The number of sulfone groups is 1. The maximum absolute atomic E-state index is 13.8. The lowest BCUT2D eigenvalue weighted by molar-refractivity contribution is 0.292. The van der Waals surface area contributed by atoms with Gasteiger partial charge in [0.1, 0.15) is 10.6 Å². The van der Waals surface area contributed by atoms with E-state index in [1.165, 1.54) is 6.20 Å². The first-order valence-electron chi connectivity index (χ1n) is 10.8. The fourth-order valence-corrected chi connectivity index (χ4v) is 6.42. The van der Waals surface area contributed by atoms with Gasteiger partial charge in [-0.15, -0.1) is 0 Å². The van der Waals surface area contributed by atoms with Gasteiger partial charge >= 0.3 is 0 Å². The number of fused-ring (bicyclic) bond motifs is 3. The van der Waals surface area contributed by atoms with Crippen LogP contribution in [0.1, 0.15) is 6.42 Å². The summed E-state index contributed by atoms with van der Waals surface area (Å²) in [6.07, 6.45) is 2.48. The van der Waals surface area contributed by atoms with Crippen molar-refractivity contribution in [2.45, 2.75) is 28.3 Å². The van der Waals surface area contributed by atoms with Crippen LogP contribution in [0.25, 0.3) is 10.9 Å². The fourth-order valence-electron chi connectivity index (χ4n) is 5.00. The number of benzene rings is 2. The molecule has 0 spiro atoms. The van der Waals surface area contributed by atoms with Gasteiger partial charge in [-0.25, -0.2) is 8.42 Å². The smallest absolute Gasteiger partial charge is 0.210 e. The third-order valence-electron chi connectivity index (χ3n) is 6.77. The second-order valence-electron chi connectivity index (χ2n) is 8.51. The SMILES string of the molecule is COc1ccc(S(=O)(=O)c2cnc3cc(OC)c(OC)cc3c2N2CC3CC2CN3C)cc1. The largest absolute Gasteiger partial charge is 0.497 e. The Kier molecular flexibility index (Phi) is 5.33. The summed E-state index contributed by atoms with van der Waals surface area (Å²) in [5.74, 6) is 1.69. The molecule has 3 aromatic rings. The number of anilines is 1. The zero-order chi connectivity index (χ0) is 23.3. The van der Waals surface area contributed by atoms with Gasteiger partial charge in [-0.1, -0.05) is 0 Å². The van der Waals surface area contributed by atoms with Gasteiger partial charge in [-0.05, 0) is 43.8 Å². The van der Waals surface area contributed by atoms with Gasteiger partial charge in [0.15, 0.2) is 11.5 Å². The molecule has 2 saturated heterocycles. The molecule has 0 amide bonds. The van der Waals surface area contributed by atoms with Crippen LogP contribution in [0.2, 0.25) is 0 Å². The Hall–Kier alpha value is -3.04. The number of ether oxygens (including phenoxy) is 3. The maximum atomic E-state index is 13.8. The Morgan fingerprint density at radius 1 is 0.939 bits per heavy atom. The molecule has 9 heteroatoms. The predicted octanol–water partition coefficient (Wildman–Crippen LogP) is 2.99. The quantitative estimate of drug-likeness (QED) is 0.545. The van der Waals surface area contributed by atoms with Crippen molar-refractivity contribution in [1.82, 2.24) is 9.88 Å². The van der Waals surface area contributed by atoms with Crippen molar-refractivity contribution in [3.05, 3.63) is 42.6 Å². The molecule has 2 bridgehead atoms. The van der Waals surface area contributed by atoms with E-state index in [9.17, 15) is 8.42 Å². The summed E-state index contributed by atoms with van der Waals surface area (Å²) in [5.41, 5.74) is 1.34. The third-order valence-corrected chi connectivity index (χ3v) is 8.54. The minimum Gasteiger partial charge on any atom is -0.497 e. The van der Waals surface area contributed by atoms with Gasteiger partial charge in [0.2, 0.25) is 9.84 Å². The van der Waals surface area contributed by atoms with Gasteiger partial charge in [-0.2, -0.15) is 0 Å². The highest BCUT2D eigenvalue weighted by atomic mass is 32.2. The highest BCUT2D eigenvalue weighted by molar-refractivity contribution is 7.91. The number of pyridine rings is 1. The van der Waals surface area contributed by atoms with Crippen molar-refractivity contribution in [2.24, 2.45) is 0 Å². The summed E-state index contributed by atoms with van der Waals surface area (Å²) in [4.78, 5) is 9.49. The lowest BCUT2D eigenvalue weighted by Gasteiger charge is -2.35. The molecule has 2 fully saturated rings. The number of likely N-dealkylation sites (tertiary alicyclic amines) is 1. The van der Waals surface area contributed by atoms with Crippen LogP contribution in [0.15, 0.2) is 52.4 Å². The molecule has 174 valence electrons. The number of rotatable bonds is 6. The van der Waals surface area contributed by atoms with E-state index in [1.54, 1.807) is 51.7 Å². The minimum atomic E-state index is -3.83. The van der Waals surface area contributed by atoms with Crippen molar-refractivity contribution in [1.29, 1.82) is 0 Å². The summed E-state index contributed by atoms with van der Waals surface area (Å²) in [6, 6.07) is 10.7. The Bertz CT molecular complexity index is 1310. The predicted molar refractivity (Wildman–Crippen MR) is 125 cm³/mol. The van der Waals surface area contributed by atoms with Gasteiger partial charge < -0.3 is 19.1 Å². The van der Waals surface area contributed by atoms with Crippen LogP contribution < -0.4 is 19.1 Å². The molecule has 8 nitrogen and oxygen atoms in total. The number of aromatic nitrogens is 1. The molecule has 2 aromatic carbocycles. The first-order valence-corrected chi connectivity index (χ1v) is 12.3. The molecule has 0 N–H and O–H groups in total. The Morgan fingerprint density at radius 3 is 2.21 bits per heavy atom. The van der Waals surface area contributed by atoms with E-state index in [0.717, 1.165) is 24.9 Å². The molecule has 3 heterocycles. The van der Waals surface area contributed by atoms with Crippen molar-refractivity contribution in [3.8, 4) is 17.2 Å². The third kappa shape index (κ3) is 3.46. The Labute approximate surface area is 193 Å². The number of methoxy groups -OCH3 is 3. The molecule has 2 atom stereocenters. The normalized spacial score (nSPS) is 20.4. The monoisotopic (exact) mass is 469 g/mol. The van der Waals surface area contributed by atoms with Crippen molar-refractivity contribution >= 4 is 26.4 Å². The van der Waals surface area contributed by atoms with Crippen LogP contribution in [0, 0.1) is 0 Å². The average Bonchev–Trinajstić information content (AvgIpc) is 3.41. The van der Waals surface area contributed by atoms with Crippen LogP contribution in [0.5, 0.6) is 17.2 Å². The van der Waals surface area contributed by atoms with Crippen LogP contribution in [0.3, 0.4) is 0 Å². The summed E-state index contributed by atoms with van der Waals surface area (Å²) < 4.78 is 43.8. The number of likely N-dealkylation sites (N-methyl/N-ethyl adjacent to an activating group) is 1. The molecule has 33 heavy (non-hydrogen) atoms. The van der Waals surface area contributed by atoms with E-state index in [2.05, 4.69) is 21.8 Å². The number of hydrogen-bond acceptors (Lipinski definition) is 8. The lowest BCUT2D eigenvalue weighted by Crippen LogP contribution is -2.45. The maximum Gasteiger partial charge on any atom is 0.210 e. The van der Waals surface area contributed by atoms with E-state index in [-0.39, 0.29) is 15.8 Å². The molecule has 0 aliphatic carbocycles. The van der Waals surface area contributed by atoms with E-state index in [0.29, 0.717) is 34.5 Å². The molecule has 0 radical (unpaired) electrons. The van der Waals surface area contributed by atoms with Gasteiger partial charge in [0.05, 0.1) is 37.4 Å². The minimum absolute atomic E-state index is 0.197. The van der Waals surface area contributed by atoms with E-state index < -0.39 is 9.84 Å². The van der Waals surface area contributed by atoms with E-state index >= 15 is 0 Å². The van der Waals surface area contributed by atoms with Crippen LogP contribution in [-0.2, 0) is 9.84 Å². The van der Waals surface area contributed by atoms with E-state index in [1.807, 2.05) is 6.07 Å². The molecule has 2 aliphatic heterocycles. The first kappa shape index (κ1) is 21.8. The number of piperazine rings is 1. The Balaban J connectivity index is 1.74. The molecule has 0 saturated carbocycles. The topological polar surface area (TPSA) is 81.2 Å². The van der Waals surface area contributed by atoms with Crippen LogP contribution >= 0.6 is 0 Å². The van der Waals surface area contributed by atoms with Crippen molar-refractivity contribution in [3.63, 3.8) is 0 Å². The van der Waals surface area contributed by atoms with Crippen molar-refractivity contribution in [2.75, 3.05) is 46.4 Å². The van der Waals surface area contributed by atoms with Crippen LogP contribution in [0.4, 0.5) is 5.69 Å². The van der Waals surface area contributed by atoms with Crippen LogP contribution in [-0.4, -0.2) is 71.9 Å². The van der Waals surface area contributed by atoms with Gasteiger partial charge in [-0.3, -0.25) is 9.88 Å². The highest BCUT2D eigenvalue weighted by Crippen LogP contribution is 2.44. The summed E-state index contributed by atoms with van der Waals surface area (Å²) >= 11 is 0. The number of nitrogens with zero attached hydrogens (tertiary/aromatic N) is 3. The highest BCUT2D eigenvalue weighted by Gasteiger charge is 2.43. The molecular formula is C24H27N3O5S. The number of hydrogen-bond donors (Lipinski definition) is 0. The second-order valence-corrected chi connectivity index (χ2v) is 10.4. The molecular weight excluding hydrogens is 442 g/mol. The average molecular weight is 470 g/mol. The first-order chi connectivity index (χ1) is 15.9.